The summed E-state index contributed by atoms with van der Waals surface area (Å²) in [5, 5.41) is 12.9. The number of carboxylic acids is 1. The molecule has 0 radical (unpaired) electrons. The predicted octanol–water partition coefficient (Wildman–Crippen LogP) is 1.59. The third kappa shape index (κ3) is 1.93. The van der Waals surface area contributed by atoms with Crippen molar-refractivity contribution in [3.05, 3.63) is 36.9 Å². The maximum atomic E-state index is 10.8. The highest BCUT2D eigenvalue weighted by Crippen LogP contribution is 2.18. The van der Waals surface area contributed by atoms with E-state index >= 15 is 0 Å². The summed E-state index contributed by atoms with van der Waals surface area (Å²) in [6.45, 7) is 1.59. The highest BCUT2D eigenvalue weighted by molar-refractivity contribution is 5.71. The molecule has 1 atom stereocenters. The van der Waals surface area contributed by atoms with Gasteiger partial charge in [-0.2, -0.15) is 5.10 Å². The first kappa shape index (κ1) is 10.4. The molecule has 1 unspecified atom stereocenters. The Labute approximate surface area is 92.4 Å². The van der Waals surface area contributed by atoms with Gasteiger partial charge < -0.3 is 5.11 Å². The molecule has 16 heavy (non-hydrogen) atoms. The van der Waals surface area contributed by atoms with Gasteiger partial charge in [-0.3, -0.25) is 9.67 Å². The Morgan fingerprint density at radius 2 is 2.25 bits per heavy atom. The summed E-state index contributed by atoms with van der Waals surface area (Å²) in [4.78, 5) is 14.8. The van der Waals surface area contributed by atoms with Gasteiger partial charge in [0.05, 0.1) is 6.20 Å². The Balaban J connectivity index is 2.30. The van der Waals surface area contributed by atoms with Gasteiger partial charge in [0.1, 0.15) is 6.04 Å². The van der Waals surface area contributed by atoms with Crippen LogP contribution < -0.4 is 0 Å². The van der Waals surface area contributed by atoms with Gasteiger partial charge in [-0.1, -0.05) is 6.07 Å². The molecule has 0 spiro atoms. The van der Waals surface area contributed by atoms with Crippen LogP contribution in [0.2, 0.25) is 0 Å². The fourth-order valence-electron chi connectivity index (χ4n) is 1.35. The smallest absolute Gasteiger partial charge is 0.328 e. The number of carboxylic acid groups (broad SMARTS) is 1. The van der Waals surface area contributed by atoms with Crippen molar-refractivity contribution >= 4 is 5.97 Å². The van der Waals surface area contributed by atoms with Gasteiger partial charge in [-0.05, 0) is 13.0 Å². The summed E-state index contributed by atoms with van der Waals surface area (Å²) in [6.07, 6.45) is 6.74. The number of hydrogen-bond acceptors (Lipinski definition) is 3. The highest BCUT2D eigenvalue weighted by Gasteiger charge is 2.14. The molecule has 0 fully saturated rings. The third-order valence-corrected chi connectivity index (χ3v) is 2.35. The lowest BCUT2D eigenvalue weighted by atomic mass is 10.2. The van der Waals surface area contributed by atoms with E-state index in [0.717, 1.165) is 11.1 Å². The lowest BCUT2D eigenvalue weighted by molar-refractivity contribution is -0.140. The molecule has 0 aliphatic carbocycles. The number of pyridine rings is 1. The van der Waals surface area contributed by atoms with Crippen molar-refractivity contribution in [2.24, 2.45) is 0 Å². The van der Waals surface area contributed by atoms with Crippen molar-refractivity contribution in [2.45, 2.75) is 13.0 Å². The van der Waals surface area contributed by atoms with E-state index in [-0.39, 0.29) is 0 Å². The zero-order valence-corrected chi connectivity index (χ0v) is 8.74. The van der Waals surface area contributed by atoms with Crippen molar-refractivity contribution < 1.29 is 9.90 Å². The van der Waals surface area contributed by atoms with Gasteiger partial charge in [-0.15, -0.1) is 0 Å². The van der Waals surface area contributed by atoms with Crippen LogP contribution in [0.5, 0.6) is 0 Å². The summed E-state index contributed by atoms with van der Waals surface area (Å²) in [5.41, 5.74) is 1.78. The van der Waals surface area contributed by atoms with E-state index in [1.165, 1.54) is 4.68 Å². The quantitative estimate of drug-likeness (QED) is 0.847. The summed E-state index contributed by atoms with van der Waals surface area (Å²) in [5.74, 6) is -0.902. The first-order chi connectivity index (χ1) is 7.68. The van der Waals surface area contributed by atoms with Crippen molar-refractivity contribution in [1.29, 1.82) is 0 Å². The van der Waals surface area contributed by atoms with Crippen LogP contribution in [-0.2, 0) is 4.79 Å². The second-order valence-electron chi connectivity index (χ2n) is 3.46. The molecule has 0 aliphatic rings. The van der Waals surface area contributed by atoms with Gasteiger partial charge in [0.15, 0.2) is 0 Å². The number of hydrogen-bond donors (Lipinski definition) is 1. The maximum absolute atomic E-state index is 10.8. The zero-order valence-electron chi connectivity index (χ0n) is 8.74. The third-order valence-electron chi connectivity index (χ3n) is 2.35. The number of aromatic nitrogens is 3. The van der Waals surface area contributed by atoms with Gasteiger partial charge in [0.2, 0.25) is 0 Å². The van der Waals surface area contributed by atoms with Crippen LogP contribution in [0.4, 0.5) is 0 Å². The number of nitrogens with zero attached hydrogens (tertiary/aromatic N) is 3. The Hall–Kier alpha value is -2.17. The van der Waals surface area contributed by atoms with E-state index in [9.17, 15) is 4.79 Å². The molecule has 0 amide bonds. The van der Waals surface area contributed by atoms with E-state index in [1.54, 1.807) is 31.7 Å². The van der Waals surface area contributed by atoms with Gasteiger partial charge >= 0.3 is 5.97 Å². The maximum Gasteiger partial charge on any atom is 0.328 e. The molecular weight excluding hydrogens is 206 g/mol. The van der Waals surface area contributed by atoms with Crippen molar-refractivity contribution in [1.82, 2.24) is 14.8 Å². The van der Waals surface area contributed by atoms with Crippen LogP contribution in [0.1, 0.15) is 13.0 Å². The minimum atomic E-state index is -0.902. The van der Waals surface area contributed by atoms with Gasteiger partial charge in [0.25, 0.3) is 0 Å². The first-order valence-corrected chi connectivity index (χ1v) is 4.86. The molecule has 0 saturated carbocycles. The Morgan fingerprint density at radius 3 is 2.88 bits per heavy atom. The first-order valence-electron chi connectivity index (χ1n) is 4.86. The van der Waals surface area contributed by atoms with Crippen molar-refractivity contribution in [3.63, 3.8) is 0 Å². The lowest BCUT2D eigenvalue weighted by Gasteiger charge is -2.04. The minimum Gasteiger partial charge on any atom is -0.480 e. The van der Waals surface area contributed by atoms with Crippen LogP contribution in [0.3, 0.4) is 0 Å². The Morgan fingerprint density at radius 1 is 1.44 bits per heavy atom. The van der Waals surface area contributed by atoms with Crippen LogP contribution in [0.25, 0.3) is 11.1 Å². The van der Waals surface area contributed by atoms with E-state index in [1.807, 2.05) is 12.1 Å². The predicted molar refractivity (Wildman–Crippen MR) is 57.8 cm³/mol. The van der Waals surface area contributed by atoms with Gasteiger partial charge in [-0.25, -0.2) is 4.79 Å². The van der Waals surface area contributed by atoms with Crippen LogP contribution in [-0.4, -0.2) is 25.8 Å². The molecule has 82 valence electrons. The van der Waals surface area contributed by atoms with E-state index < -0.39 is 12.0 Å². The molecule has 0 saturated heterocycles. The second kappa shape index (κ2) is 4.14. The molecule has 5 heteroatoms. The molecule has 1 N–H and O–H groups in total. The van der Waals surface area contributed by atoms with Gasteiger partial charge in [0, 0.05) is 29.7 Å². The molecular formula is C11H11N3O2. The molecule has 5 nitrogen and oxygen atoms in total. The summed E-state index contributed by atoms with van der Waals surface area (Å²) < 4.78 is 1.42. The second-order valence-corrected chi connectivity index (χ2v) is 3.46. The highest BCUT2D eigenvalue weighted by atomic mass is 16.4. The molecule has 0 aromatic carbocycles. The lowest BCUT2D eigenvalue weighted by Crippen LogP contribution is -2.15. The largest absolute Gasteiger partial charge is 0.480 e. The topological polar surface area (TPSA) is 68.0 Å². The average Bonchev–Trinajstić information content (AvgIpc) is 2.78. The SMILES string of the molecule is CC(C(=O)O)n1cc(-c2cccnc2)cn1. The fraction of sp³-hybridized carbons (Fsp3) is 0.182. The van der Waals surface area contributed by atoms with E-state index in [0.29, 0.717) is 0 Å². The zero-order chi connectivity index (χ0) is 11.5. The molecule has 2 rings (SSSR count). The molecule has 2 heterocycles. The Kier molecular flexibility index (Phi) is 2.68. The number of rotatable bonds is 3. The minimum absolute atomic E-state index is 0.662. The van der Waals surface area contributed by atoms with Crippen LogP contribution in [0, 0.1) is 0 Å². The normalized spacial score (nSPS) is 12.3. The summed E-state index contributed by atoms with van der Waals surface area (Å²) >= 11 is 0. The molecule has 2 aromatic heterocycles. The standard InChI is InChI=1S/C11H11N3O2/c1-8(11(15)16)14-7-10(6-13-14)9-3-2-4-12-5-9/h2-8H,1H3,(H,15,16). The summed E-state index contributed by atoms with van der Waals surface area (Å²) in [7, 11) is 0. The van der Waals surface area contributed by atoms with Crippen LogP contribution >= 0.6 is 0 Å². The van der Waals surface area contributed by atoms with Crippen LogP contribution in [0.15, 0.2) is 36.9 Å². The van der Waals surface area contributed by atoms with Crippen molar-refractivity contribution in [2.75, 3.05) is 0 Å². The average molecular weight is 217 g/mol. The fourth-order valence-corrected chi connectivity index (χ4v) is 1.35. The molecule has 0 bridgehead atoms. The Bertz CT molecular complexity index is 493. The molecule has 2 aromatic rings. The van der Waals surface area contributed by atoms with Crippen molar-refractivity contribution in [3.8, 4) is 11.1 Å². The summed E-state index contributed by atoms with van der Waals surface area (Å²) in [6, 6.07) is 3.07. The number of carbonyl (C=O) groups is 1. The molecule has 0 aliphatic heterocycles. The monoisotopic (exact) mass is 217 g/mol. The number of aliphatic carboxylic acids is 1. The van der Waals surface area contributed by atoms with E-state index in [4.69, 9.17) is 5.11 Å². The van der Waals surface area contributed by atoms with E-state index in [2.05, 4.69) is 10.1 Å².